The SMILES string of the molecule is CCNC(c1ccc(F)c(Br)c1)c1ccc(Br)cc1F. The van der Waals surface area contributed by atoms with E-state index in [0.29, 0.717) is 21.1 Å². The molecule has 2 aromatic carbocycles. The van der Waals surface area contributed by atoms with E-state index in [1.807, 2.05) is 6.92 Å². The smallest absolute Gasteiger partial charge is 0.137 e. The second-order valence-electron chi connectivity index (χ2n) is 4.33. The molecule has 1 atom stereocenters. The Morgan fingerprint density at radius 2 is 1.80 bits per heavy atom. The highest BCUT2D eigenvalue weighted by atomic mass is 79.9. The van der Waals surface area contributed by atoms with E-state index in [-0.39, 0.29) is 17.7 Å². The summed E-state index contributed by atoms with van der Waals surface area (Å²) in [4.78, 5) is 0. The lowest BCUT2D eigenvalue weighted by atomic mass is 9.98. The first-order chi connectivity index (χ1) is 9.52. The van der Waals surface area contributed by atoms with Crippen LogP contribution in [0, 0.1) is 11.6 Å². The topological polar surface area (TPSA) is 12.0 Å². The molecule has 1 nitrogen and oxygen atoms in total. The molecule has 0 aromatic heterocycles. The molecule has 0 aliphatic heterocycles. The van der Waals surface area contributed by atoms with Crippen LogP contribution in [0.25, 0.3) is 0 Å². The molecule has 106 valence electrons. The number of nitrogens with one attached hydrogen (secondary N) is 1. The van der Waals surface area contributed by atoms with Crippen LogP contribution < -0.4 is 5.32 Å². The Bertz CT molecular complexity index is 617. The molecule has 0 aliphatic rings. The summed E-state index contributed by atoms with van der Waals surface area (Å²) in [5.41, 5.74) is 1.34. The van der Waals surface area contributed by atoms with Gasteiger partial charge in [0.1, 0.15) is 11.6 Å². The third-order valence-electron chi connectivity index (χ3n) is 2.96. The molecule has 0 heterocycles. The van der Waals surface area contributed by atoms with Gasteiger partial charge in [0, 0.05) is 10.0 Å². The van der Waals surface area contributed by atoms with Crippen molar-refractivity contribution in [2.45, 2.75) is 13.0 Å². The van der Waals surface area contributed by atoms with Gasteiger partial charge in [-0.1, -0.05) is 35.0 Å². The van der Waals surface area contributed by atoms with Crippen molar-refractivity contribution in [3.63, 3.8) is 0 Å². The largest absolute Gasteiger partial charge is 0.306 e. The summed E-state index contributed by atoms with van der Waals surface area (Å²) in [6.07, 6.45) is 0. The number of halogens is 4. The van der Waals surface area contributed by atoms with Crippen LogP contribution in [0.4, 0.5) is 8.78 Å². The quantitative estimate of drug-likeness (QED) is 0.739. The highest BCUT2D eigenvalue weighted by molar-refractivity contribution is 9.10. The van der Waals surface area contributed by atoms with E-state index < -0.39 is 0 Å². The van der Waals surface area contributed by atoms with E-state index >= 15 is 0 Å². The maximum Gasteiger partial charge on any atom is 0.137 e. The highest BCUT2D eigenvalue weighted by Crippen LogP contribution is 2.29. The van der Waals surface area contributed by atoms with Crippen LogP contribution in [0.3, 0.4) is 0 Å². The molecule has 0 saturated carbocycles. The Balaban J connectivity index is 2.47. The van der Waals surface area contributed by atoms with Gasteiger partial charge in [0.15, 0.2) is 0 Å². The van der Waals surface area contributed by atoms with E-state index in [1.54, 1.807) is 24.3 Å². The monoisotopic (exact) mass is 403 g/mol. The van der Waals surface area contributed by atoms with Crippen LogP contribution in [0.15, 0.2) is 45.3 Å². The molecular weight excluding hydrogens is 392 g/mol. The van der Waals surface area contributed by atoms with Crippen LogP contribution >= 0.6 is 31.9 Å². The lowest BCUT2D eigenvalue weighted by molar-refractivity contribution is 0.556. The van der Waals surface area contributed by atoms with Gasteiger partial charge in [-0.05, 0) is 52.3 Å². The molecule has 1 unspecified atom stereocenters. The van der Waals surface area contributed by atoms with Crippen LogP contribution in [0.2, 0.25) is 0 Å². The minimum atomic E-state index is -0.333. The van der Waals surface area contributed by atoms with Crippen molar-refractivity contribution in [3.8, 4) is 0 Å². The van der Waals surface area contributed by atoms with Crippen molar-refractivity contribution in [2.24, 2.45) is 0 Å². The molecule has 0 aliphatic carbocycles. The molecule has 0 radical (unpaired) electrons. The van der Waals surface area contributed by atoms with Crippen molar-refractivity contribution < 1.29 is 8.78 Å². The first-order valence-electron chi connectivity index (χ1n) is 6.16. The minimum Gasteiger partial charge on any atom is -0.306 e. The molecular formula is C15H13Br2F2N. The summed E-state index contributed by atoms with van der Waals surface area (Å²) in [7, 11) is 0. The van der Waals surface area contributed by atoms with Crippen LogP contribution in [0.5, 0.6) is 0 Å². The van der Waals surface area contributed by atoms with Crippen molar-refractivity contribution in [1.29, 1.82) is 0 Å². The first-order valence-corrected chi connectivity index (χ1v) is 7.74. The zero-order valence-corrected chi connectivity index (χ0v) is 13.9. The van der Waals surface area contributed by atoms with Crippen LogP contribution in [-0.2, 0) is 0 Å². The molecule has 0 saturated heterocycles. The van der Waals surface area contributed by atoms with E-state index in [2.05, 4.69) is 37.2 Å². The van der Waals surface area contributed by atoms with Gasteiger partial charge >= 0.3 is 0 Å². The second-order valence-corrected chi connectivity index (χ2v) is 6.10. The molecule has 1 N–H and O–H groups in total. The van der Waals surface area contributed by atoms with Gasteiger partial charge < -0.3 is 5.32 Å². The van der Waals surface area contributed by atoms with Gasteiger partial charge in [0.2, 0.25) is 0 Å². The van der Waals surface area contributed by atoms with Crippen molar-refractivity contribution >= 4 is 31.9 Å². The molecule has 5 heteroatoms. The second kappa shape index (κ2) is 6.78. The number of hydrogen-bond acceptors (Lipinski definition) is 1. The van der Waals surface area contributed by atoms with Crippen LogP contribution in [0.1, 0.15) is 24.1 Å². The summed E-state index contributed by atoms with van der Waals surface area (Å²) in [6, 6.07) is 9.34. The third kappa shape index (κ3) is 3.45. The number of hydrogen-bond donors (Lipinski definition) is 1. The number of rotatable bonds is 4. The molecule has 0 fully saturated rings. The summed E-state index contributed by atoms with van der Waals surface area (Å²) >= 11 is 6.41. The number of benzene rings is 2. The normalized spacial score (nSPS) is 12.4. The van der Waals surface area contributed by atoms with Gasteiger partial charge in [-0.15, -0.1) is 0 Å². The predicted molar refractivity (Wildman–Crippen MR) is 83.7 cm³/mol. The van der Waals surface area contributed by atoms with Crippen molar-refractivity contribution in [2.75, 3.05) is 6.54 Å². The fourth-order valence-electron chi connectivity index (χ4n) is 2.04. The van der Waals surface area contributed by atoms with Crippen LogP contribution in [-0.4, -0.2) is 6.54 Å². The zero-order valence-electron chi connectivity index (χ0n) is 10.8. The fraction of sp³-hybridized carbons (Fsp3) is 0.200. The van der Waals surface area contributed by atoms with E-state index in [4.69, 9.17) is 0 Å². The Morgan fingerprint density at radius 3 is 2.40 bits per heavy atom. The Morgan fingerprint density at radius 1 is 1.05 bits per heavy atom. The van der Waals surface area contributed by atoms with Gasteiger partial charge in [0.25, 0.3) is 0 Å². The zero-order chi connectivity index (χ0) is 14.7. The van der Waals surface area contributed by atoms with Gasteiger partial charge in [-0.25, -0.2) is 8.78 Å². The average Bonchev–Trinajstić information content (AvgIpc) is 2.40. The summed E-state index contributed by atoms with van der Waals surface area (Å²) in [5, 5.41) is 3.22. The summed E-state index contributed by atoms with van der Waals surface area (Å²) < 4.78 is 28.5. The van der Waals surface area contributed by atoms with E-state index in [9.17, 15) is 8.78 Å². The van der Waals surface area contributed by atoms with Gasteiger partial charge in [-0.3, -0.25) is 0 Å². The maximum absolute atomic E-state index is 14.1. The molecule has 0 amide bonds. The third-order valence-corrected chi connectivity index (χ3v) is 4.06. The van der Waals surface area contributed by atoms with Gasteiger partial charge in [0.05, 0.1) is 10.5 Å². The molecule has 0 bridgehead atoms. The first kappa shape index (κ1) is 15.6. The van der Waals surface area contributed by atoms with E-state index in [1.165, 1.54) is 12.1 Å². The predicted octanol–water partition coefficient (Wildman–Crippen LogP) is 5.19. The Kier molecular flexibility index (Phi) is 5.29. The van der Waals surface area contributed by atoms with E-state index in [0.717, 1.165) is 5.56 Å². The Hall–Kier alpha value is -0.780. The maximum atomic E-state index is 14.1. The molecule has 2 aromatic rings. The molecule has 0 spiro atoms. The summed E-state index contributed by atoms with van der Waals surface area (Å²) in [6.45, 7) is 2.62. The lowest BCUT2D eigenvalue weighted by Gasteiger charge is -2.20. The van der Waals surface area contributed by atoms with Crippen molar-refractivity contribution in [3.05, 3.63) is 68.1 Å². The summed E-state index contributed by atoms with van der Waals surface area (Å²) in [5.74, 6) is -0.633. The Labute approximate surface area is 133 Å². The molecule has 2 rings (SSSR count). The average molecular weight is 405 g/mol. The molecule has 20 heavy (non-hydrogen) atoms. The van der Waals surface area contributed by atoms with Gasteiger partial charge in [-0.2, -0.15) is 0 Å². The lowest BCUT2D eigenvalue weighted by Crippen LogP contribution is -2.23. The minimum absolute atomic E-state index is 0.300. The highest BCUT2D eigenvalue weighted by Gasteiger charge is 2.18. The standard InChI is InChI=1S/C15H13Br2F2N/c1-2-20-15(9-3-6-13(18)12(17)7-9)11-5-4-10(16)8-14(11)19/h3-8,15,20H,2H2,1H3. The van der Waals surface area contributed by atoms with Crippen molar-refractivity contribution in [1.82, 2.24) is 5.32 Å². The fourth-order valence-corrected chi connectivity index (χ4v) is 2.77.